The average molecular weight is 307 g/mol. The van der Waals surface area contributed by atoms with Crippen molar-refractivity contribution in [1.29, 1.82) is 0 Å². The standard InChI is InChI=1S/C7HCl2F5N4/c8-1-2(9)16-4-3(15-1)17-5(18-4)6(10,11)7(12,13)14/h(H,15,16,17,18). The van der Waals surface area contributed by atoms with E-state index in [1.54, 1.807) is 4.98 Å². The first-order valence-electron chi connectivity index (χ1n) is 4.16. The third-order valence-corrected chi connectivity index (χ3v) is 2.53. The van der Waals surface area contributed by atoms with E-state index in [-0.39, 0.29) is 10.3 Å². The van der Waals surface area contributed by atoms with E-state index >= 15 is 0 Å². The number of fused-ring (bicyclic) bond motifs is 1. The molecule has 2 heterocycles. The van der Waals surface area contributed by atoms with Crippen LogP contribution in [0.4, 0.5) is 22.0 Å². The number of halogens is 7. The molecule has 11 heteroatoms. The van der Waals surface area contributed by atoms with Gasteiger partial charge in [-0.15, -0.1) is 0 Å². The molecule has 0 saturated heterocycles. The van der Waals surface area contributed by atoms with Gasteiger partial charge in [0.25, 0.3) is 0 Å². The molecule has 2 aromatic heterocycles. The van der Waals surface area contributed by atoms with E-state index in [1.165, 1.54) is 0 Å². The number of alkyl halides is 5. The normalized spacial score (nSPS) is 13.3. The molecular weight excluding hydrogens is 306 g/mol. The van der Waals surface area contributed by atoms with Gasteiger partial charge in [-0.2, -0.15) is 22.0 Å². The Balaban J connectivity index is 2.61. The Morgan fingerprint density at radius 3 is 2.00 bits per heavy atom. The molecule has 0 atom stereocenters. The number of nitrogens with one attached hydrogen (secondary N) is 1. The predicted molar refractivity (Wildman–Crippen MR) is 51.7 cm³/mol. The van der Waals surface area contributed by atoms with Gasteiger partial charge in [-0.05, 0) is 0 Å². The highest BCUT2D eigenvalue weighted by molar-refractivity contribution is 6.40. The van der Waals surface area contributed by atoms with Crippen LogP contribution < -0.4 is 0 Å². The van der Waals surface area contributed by atoms with Crippen LogP contribution in [0.5, 0.6) is 0 Å². The Morgan fingerprint density at radius 2 is 1.44 bits per heavy atom. The van der Waals surface area contributed by atoms with Crippen LogP contribution in [0.25, 0.3) is 11.3 Å². The molecule has 0 amide bonds. The van der Waals surface area contributed by atoms with Crippen LogP contribution >= 0.6 is 23.2 Å². The van der Waals surface area contributed by atoms with Crippen LogP contribution in [0, 0.1) is 0 Å². The molecule has 0 saturated carbocycles. The highest BCUT2D eigenvalue weighted by Crippen LogP contribution is 2.42. The number of aromatic nitrogens is 4. The van der Waals surface area contributed by atoms with Crippen molar-refractivity contribution >= 4 is 34.5 Å². The monoisotopic (exact) mass is 306 g/mol. The molecule has 0 aromatic carbocycles. The smallest absolute Gasteiger partial charge is 0.320 e. The maximum absolute atomic E-state index is 13.0. The second-order valence-electron chi connectivity index (χ2n) is 3.14. The lowest BCUT2D eigenvalue weighted by molar-refractivity contribution is -0.292. The molecule has 0 aliphatic heterocycles. The summed E-state index contributed by atoms with van der Waals surface area (Å²) in [6.07, 6.45) is -5.78. The molecule has 98 valence electrons. The van der Waals surface area contributed by atoms with E-state index in [9.17, 15) is 22.0 Å². The molecule has 2 rings (SSSR count). The summed E-state index contributed by atoms with van der Waals surface area (Å²) < 4.78 is 62.2. The molecule has 1 N–H and O–H groups in total. The number of H-pyrrole nitrogens is 1. The van der Waals surface area contributed by atoms with Gasteiger partial charge in [0.15, 0.2) is 27.4 Å². The van der Waals surface area contributed by atoms with Crippen LogP contribution in [-0.2, 0) is 5.92 Å². The fourth-order valence-electron chi connectivity index (χ4n) is 1.08. The number of hydrogen-bond acceptors (Lipinski definition) is 3. The minimum absolute atomic E-state index is 0.338. The molecule has 4 nitrogen and oxygen atoms in total. The largest absolute Gasteiger partial charge is 0.461 e. The highest BCUT2D eigenvalue weighted by atomic mass is 35.5. The summed E-state index contributed by atoms with van der Waals surface area (Å²) >= 11 is 10.9. The van der Waals surface area contributed by atoms with Gasteiger partial charge in [-0.3, -0.25) is 0 Å². The average Bonchev–Trinajstić information content (AvgIpc) is 2.60. The number of imidazole rings is 1. The fourth-order valence-corrected chi connectivity index (χ4v) is 1.33. The minimum Gasteiger partial charge on any atom is -0.320 e. The molecule has 0 aliphatic rings. The van der Waals surface area contributed by atoms with E-state index in [0.717, 1.165) is 0 Å². The third kappa shape index (κ3) is 1.97. The molecule has 0 radical (unpaired) electrons. The molecule has 0 aliphatic carbocycles. The van der Waals surface area contributed by atoms with Gasteiger partial charge in [0, 0.05) is 0 Å². The van der Waals surface area contributed by atoms with Gasteiger partial charge in [0.2, 0.25) is 0 Å². The first kappa shape index (κ1) is 13.2. The van der Waals surface area contributed by atoms with Gasteiger partial charge in [0.05, 0.1) is 0 Å². The fraction of sp³-hybridized carbons (Fsp3) is 0.286. The maximum atomic E-state index is 13.0. The Bertz CT molecular complexity index is 569. The van der Waals surface area contributed by atoms with E-state index < -0.39 is 29.2 Å². The van der Waals surface area contributed by atoms with Crippen LogP contribution in [0.1, 0.15) is 5.82 Å². The van der Waals surface area contributed by atoms with Gasteiger partial charge in [0.1, 0.15) is 0 Å². The van der Waals surface area contributed by atoms with E-state index in [1.807, 2.05) is 0 Å². The zero-order chi connectivity index (χ0) is 13.7. The van der Waals surface area contributed by atoms with Crippen molar-refractivity contribution in [3.05, 3.63) is 16.1 Å². The van der Waals surface area contributed by atoms with E-state index in [4.69, 9.17) is 23.2 Å². The van der Waals surface area contributed by atoms with Crippen molar-refractivity contribution in [3.8, 4) is 0 Å². The Kier molecular flexibility index (Phi) is 2.85. The summed E-state index contributed by atoms with van der Waals surface area (Å²) in [6.45, 7) is 0. The van der Waals surface area contributed by atoms with E-state index in [0.29, 0.717) is 0 Å². The lowest BCUT2D eigenvalue weighted by atomic mass is 10.3. The Morgan fingerprint density at radius 1 is 0.889 bits per heavy atom. The number of nitrogens with zero attached hydrogens (tertiary/aromatic N) is 3. The third-order valence-electron chi connectivity index (χ3n) is 1.90. The summed E-state index contributed by atoms with van der Waals surface area (Å²) in [5.41, 5.74) is -0.897. The highest BCUT2D eigenvalue weighted by Gasteiger charge is 2.61. The zero-order valence-electron chi connectivity index (χ0n) is 7.99. The lowest BCUT2D eigenvalue weighted by Gasteiger charge is -2.16. The van der Waals surface area contributed by atoms with Crippen molar-refractivity contribution in [3.63, 3.8) is 0 Å². The second-order valence-corrected chi connectivity index (χ2v) is 3.85. The molecule has 2 aromatic rings. The summed E-state index contributed by atoms with van der Waals surface area (Å²) in [5, 5.41) is -0.688. The van der Waals surface area contributed by atoms with Crippen LogP contribution in [0.2, 0.25) is 10.3 Å². The Labute approximate surface area is 105 Å². The predicted octanol–water partition coefficient (Wildman–Crippen LogP) is 3.31. The summed E-state index contributed by atoms with van der Waals surface area (Å²) in [6, 6.07) is 0. The lowest BCUT2D eigenvalue weighted by Crippen LogP contribution is -2.34. The quantitative estimate of drug-likeness (QED) is 0.822. The molecule has 18 heavy (non-hydrogen) atoms. The van der Waals surface area contributed by atoms with Crippen molar-refractivity contribution < 1.29 is 22.0 Å². The van der Waals surface area contributed by atoms with Crippen molar-refractivity contribution in [2.24, 2.45) is 0 Å². The van der Waals surface area contributed by atoms with Gasteiger partial charge >= 0.3 is 12.1 Å². The minimum atomic E-state index is -5.78. The SMILES string of the molecule is FC(F)(F)C(F)(F)c1nc2nc(Cl)c(Cl)nc2[nH]1. The number of aromatic amines is 1. The topological polar surface area (TPSA) is 54.5 Å². The second kappa shape index (κ2) is 3.89. The van der Waals surface area contributed by atoms with Gasteiger partial charge in [-0.1, -0.05) is 23.2 Å². The van der Waals surface area contributed by atoms with E-state index in [2.05, 4.69) is 15.0 Å². The molecular formula is C7HCl2F5N4. The van der Waals surface area contributed by atoms with Crippen LogP contribution in [-0.4, -0.2) is 26.1 Å². The molecule has 0 spiro atoms. The van der Waals surface area contributed by atoms with Gasteiger partial charge in [-0.25, -0.2) is 15.0 Å². The first-order valence-corrected chi connectivity index (χ1v) is 4.92. The van der Waals surface area contributed by atoms with Crippen LogP contribution in [0.15, 0.2) is 0 Å². The van der Waals surface area contributed by atoms with Crippen molar-refractivity contribution in [1.82, 2.24) is 19.9 Å². The van der Waals surface area contributed by atoms with Crippen molar-refractivity contribution in [2.75, 3.05) is 0 Å². The summed E-state index contributed by atoms with van der Waals surface area (Å²) in [5.74, 6) is -6.77. The summed E-state index contributed by atoms with van der Waals surface area (Å²) in [4.78, 5) is 11.6. The van der Waals surface area contributed by atoms with Crippen LogP contribution in [0.3, 0.4) is 0 Å². The molecule has 0 unspecified atom stereocenters. The first-order chi connectivity index (χ1) is 8.13. The van der Waals surface area contributed by atoms with Gasteiger partial charge < -0.3 is 4.98 Å². The zero-order valence-corrected chi connectivity index (χ0v) is 9.50. The molecule has 0 fully saturated rings. The summed E-state index contributed by atoms with van der Waals surface area (Å²) in [7, 11) is 0. The Hall–Kier alpha value is -1.22. The maximum Gasteiger partial charge on any atom is 0.461 e. The number of hydrogen-bond donors (Lipinski definition) is 1. The molecule has 0 bridgehead atoms. The number of rotatable bonds is 1. The van der Waals surface area contributed by atoms with Crippen molar-refractivity contribution in [2.45, 2.75) is 12.1 Å².